The summed E-state index contributed by atoms with van der Waals surface area (Å²) in [4.78, 5) is 24.2. The summed E-state index contributed by atoms with van der Waals surface area (Å²) < 4.78 is 5.95. The maximum atomic E-state index is 12.0. The van der Waals surface area contributed by atoms with Crippen molar-refractivity contribution >= 4 is 39.4 Å². The van der Waals surface area contributed by atoms with Crippen LogP contribution < -0.4 is 4.74 Å². The maximum Gasteiger partial charge on any atom is 0.326 e. The summed E-state index contributed by atoms with van der Waals surface area (Å²) in [7, 11) is 0. The predicted molar refractivity (Wildman–Crippen MR) is 78.4 cm³/mol. The minimum Gasteiger partial charge on any atom is -0.483 e. The van der Waals surface area contributed by atoms with Gasteiger partial charge in [0.15, 0.2) is 6.61 Å². The summed E-state index contributed by atoms with van der Waals surface area (Å²) in [6.45, 7) is -0.308. The van der Waals surface area contributed by atoms with Crippen LogP contribution in [0.25, 0.3) is 0 Å². The third kappa shape index (κ3) is 3.87. The van der Waals surface area contributed by atoms with Gasteiger partial charge in [0.25, 0.3) is 5.91 Å². The van der Waals surface area contributed by atoms with E-state index in [0.29, 0.717) is 15.2 Å². The van der Waals surface area contributed by atoms with Crippen molar-refractivity contribution in [1.82, 2.24) is 4.90 Å². The second-order valence-electron chi connectivity index (χ2n) is 4.65. The molecule has 21 heavy (non-hydrogen) atoms. The molecule has 8 heteroatoms. The van der Waals surface area contributed by atoms with Crippen molar-refractivity contribution in [1.29, 1.82) is 0 Å². The number of carboxylic acids is 1. The van der Waals surface area contributed by atoms with Gasteiger partial charge in [0, 0.05) is 18.0 Å². The van der Waals surface area contributed by atoms with E-state index in [9.17, 15) is 14.7 Å². The summed E-state index contributed by atoms with van der Waals surface area (Å²) >= 11 is 9.06. The SMILES string of the molecule is O=C(O)[C@@H]1C[C@@H](O)CN1C(=O)COc1ccc(Cl)cc1Br. The third-order valence-electron chi connectivity index (χ3n) is 3.13. The molecule has 0 radical (unpaired) electrons. The quantitative estimate of drug-likeness (QED) is 0.830. The molecule has 0 bridgehead atoms. The monoisotopic (exact) mass is 377 g/mol. The zero-order chi connectivity index (χ0) is 15.6. The lowest BCUT2D eigenvalue weighted by Gasteiger charge is -2.21. The zero-order valence-electron chi connectivity index (χ0n) is 10.8. The number of aliphatic hydroxyl groups excluding tert-OH is 1. The molecule has 1 aliphatic heterocycles. The number of β-amino-alcohol motifs (C(OH)–C–C–N with tert-alkyl or cyclic N) is 1. The van der Waals surface area contributed by atoms with Gasteiger partial charge in [-0.25, -0.2) is 4.79 Å². The molecule has 1 fully saturated rings. The van der Waals surface area contributed by atoms with Crippen molar-refractivity contribution in [3.8, 4) is 5.75 Å². The molecule has 2 atom stereocenters. The van der Waals surface area contributed by atoms with Crippen LogP contribution in [0.5, 0.6) is 5.75 Å². The molecule has 1 aromatic rings. The van der Waals surface area contributed by atoms with Crippen LogP contribution in [0.4, 0.5) is 0 Å². The zero-order valence-corrected chi connectivity index (χ0v) is 13.2. The molecule has 0 aromatic heterocycles. The number of hydrogen-bond donors (Lipinski definition) is 2. The van der Waals surface area contributed by atoms with Crippen molar-refractivity contribution < 1.29 is 24.5 Å². The maximum absolute atomic E-state index is 12.0. The van der Waals surface area contributed by atoms with Crippen LogP contribution in [0.2, 0.25) is 5.02 Å². The van der Waals surface area contributed by atoms with Gasteiger partial charge in [-0.05, 0) is 34.1 Å². The molecule has 1 heterocycles. The molecular formula is C13H13BrClNO5. The minimum atomic E-state index is -1.13. The lowest BCUT2D eigenvalue weighted by molar-refractivity contribution is -0.149. The number of hydrogen-bond acceptors (Lipinski definition) is 4. The molecule has 2 rings (SSSR count). The highest BCUT2D eigenvalue weighted by molar-refractivity contribution is 9.10. The summed E-state index contributed by atoms with van der Waals surface area (Å²) in [5, 5.41) is 19.1. The highest BCUT2D eigenvalue weighted by atomic mass is 79.9. The Balaban J connectivity index is 1.99. The van der Waals surface area contributed by atoms with Crippen LogP contribution in [0, 0.1) is 0 Å². The molecule has 0 spiro atoms. The van der Waals surface area contributed by atoms with Crippen LogP contribution in [0.1, 0.15) is 6.42 Å². The van der Waals surface area contributed by atoms with Crippen LogP contribution in [0.3, 0.4) is 0 Å². The van der Waals surface area contributed by atoms with Crippen LogP contribution in [-0.2, 0) is 9.59 Å². The standard InChI is InChI=1S/C13H13BrClNO5/c14-9-3-7(15)1-2-11(9)21-6-12(18)16-5-8(17)4-10(16)13(19)20/h1-3,8,10,17H,4-6H2,(H,19,20)/t8-,10+/m1/s1. The molecule has 6 nitrogen and oxygen atoms in total. The van der Waals surface area contributed by atoms with Gasteiger partial charge in [0.05, 0.1) is 10.6 Å². The van der Waals surface area contributed by atoms with E-state index in [1.807, 2.05) is 0 Å². The van der Waals surface area contributed by atoms with Gasteiger partial charge in [-0.1, -0.05) is 11.6 Å². The second kappa shape index (κ2) is 6.64. The first-order valence-corrected chi connectivity index (χ1v) is 7.33. The van der Waals surface area contributed by atoms with E-state index < -0.39 is 24.0 Å². The lowest BCUT2D eigenvalue weighted by Crippen LogP contribution is -2.42. The Hall–Kier alpha value is -1.31. The second-order valence-corrected chi connectivity index (χ2v) is 5.94. The molecule has 1 aromatic carbocycles. The number of nitrogens with zero attached hydrogens (tertiary/aromatic N) is 1. The van der Waals surface area contributed by atoms with E-state index >= 15 is 0 Å². The Kier molecular flexibility index (Phi) is 5.08. The topological polar surface area (TPSA) is 87.1 Å². The van der Waals surface area contributed by atoms with E-state index in [4.69, 9.17) is 21.4 Å². The number of rotatable bonds is 4. The first-order chi connectivity index (χ1) is 9.88. The first-order valence-electron chi connectivity index (χ1n) is 6.16. The van der Waals surface area contributed by atoms with Gasteiger partial charge in [0.1, 0.15) is 11.8 Å². The van der Waals surface area contributed by atoms with Crippen LogP contribution >= 0.6 is 27.5 Å². The number of halogens is 2. The number of amides is 1. The fraction of sp³-hybridized carbons (Fsp3) is 0.385. The minimum absolute atomic E-state index is 0.000940. The molecule has 114 valence electrons. The van der Waals surface area contributed by atoms with Gasteiger partial charge in [-0.3, -0.25) is 4.79 Å². The molecule has 2 N–H and O–H groups in total. The number of carbonyl (C=O) groups is 2. The van der Waals surface area contributed by atoms with Crippen molar-refractivity contribution in [3.63, 3.8) is 0 Å². The number of aliphatic hydroxyl groups is 1. The number of carboxylic acid groups (broad SMARTS) is 1. The number of ether oxygens (including phenoxy) is 1. The van der Waals surface area contributed by atoms with Gasteiger partial charge < -0.3 is 19.8 Å². The van der Waals surface area contributed by atoms with E-state index in [0.717, 1.165) is 4.90 Å². The summed E-state index contributed by atoms with van der Waals surface area (Å²) in [6, 6.07) is 3.84. The summed E-state index contributed by atoms with van der Waals surface area (Å²) in [6.07, 6.45) is -0.788. The van der Waals surface area contributed by atoms with Crippen molar-refractivity contribution in [2.45, 2.75) is 18.6 Å². The predicted octanol–water partition coefficient (Wildman–Crippen LogP) is 1.53. The molecule has 0 unspecified atom stereocenters. The Morgan fingerprint density at radius 2 is 2.19 bits per heavy atom. The molecule has 0 saturated carbocycles. The summed E-state index contributed by atoms with van der Waals surface area (Å²) in [5.41, 5.74) is 0. The fourth-order valence-electron chi connectivity index (χ4n) is 2.14. The highest BCUT2D eigenvalue weighted by Crippen LogP contribution is 2.28. The molecular weight excluding hydrogens is 366 g/mol. The number of likely N-dealkylation sites (tertiary alicyclic amines) is 1. The molecule has 1 aliphatic rings. The van der Waals surface area contributed by atoms with E-state index in [1.54, 1.807) is 18.2 Å². The van der Waals surface area contributed by atoms with Gasteiger partial charge >= 0.3 is 5.97 Å². The average Bonchev–Trinajstić information content (AvgIpc) is 2.80. The highest BCUT2D eigenvalue weighted by Gasteiger charge is 2.38. The number of benzene rings is 1. The van der Waals surface area contributed by atoms with E-state index in [1.165, 1.54) is 0 Å². The van der Waals surface area contributed by atoms with Crippen molar-refractivity contribution in [3.05, 3.63) is 27.7 Å². The van der Waals surface area contributed by atoms with Crippen LogP contribution in [-0.4, -0.2) is 52.3 Å². The Morgan fingerprint density at radius 1 is 1.48 bits per heavy atom. The van der Waals surface area contributed by atoms with Gasteiger partial charge in [-0.2, -0.15) is 0 Å². The molecule has 1 amide bonds. The summed E-state index contributed by atoms with van der Waals surface area (Å²) in [5.74, 6) is -1.19. The van der Waals surface area contributed by atoms with Gasteiger partial charge in [-0.15, -0.1) is 0 Å². The van der Waals surface area contributed by atoms with E-state index in [2.05, 4.69) is 15.9 Å². The van der Waals surface area contributed by atoms with Crippen molar-refractivity contribution in [2.75, 3.05) is 13.2 Å². The van der Waals surface area contributed by atoms with E-state index in [-0.39, 0.29) is 19.6 Å². The molecule has 0 aliphatic carbocycles. The third-order valence-corrected chi connectivity index (χ3v) is 3.98. The molecule has 1 saturated heterocycles. The smallest absolute Gasteiger partial charge is 0.326 e. The normalized spacial score (nSPS) is 21.4. The fourth-order valence-corrected chi connectivity index (χ4v) is 2.94. The average molecular weight is 379 g/mol. The number of carbonyl (C=O) groups excluding carboxylic acids is 1. The van der Waals surface area contributed by atoms with Crippen molar-refractivity contribution in [2.24, 2.45) is 0 Å². The van der Waals surface area contributed by atoms with Gasteiger partial charge in [0.2, 0.25) is 0 Å². The number of aliphatic carboxylic acids is 1. The lowest BCUT2D eigenvalue weighted by atomic mass is 10.2. The largest absolute Gasteiger partial charge is 0.483 e. The Labute approximate surface area is 134 Å². The Bertz CT molecular complexity index is 567. The van der Waals surface area contributed by atoms with Crippen LogP contribution in [0.15, 0.2) is 22.7 Å². The Morgan fingerprint density at radius 3 is 2.81 bits per heavy atom. The first kappa shape index (κ1) is 16.1.